The maximum Gasteiger partial charge on any atom is 0.416 e. The zero-order valence-electron chi connectivity index (χ0n) is 15.0. The van der Waals surface area contributed by atoms with Gasteiger partial charge in [-0.25, -0.2) is 5.43 Å². The maximum absolute atomic E-state index is 12.8. The number of carbonyl (C=O) groups excluding carboxylic acids is 1. The number of anilines is 1. The first-order valence-electron chi connectivity index (χ1n) is 8.46. The highest BCUT2D eigenvalue weighted by atomic mass is 19.4. The molecule has 0 aromatic heterocycles. The number of carbonyl (C=O) groups is 1. The quantitative estimate of drug-likeness (QED) is 0.366. The predicted molar refractivity (Wildman–Crippen MR) is 104 cm³/mol. The summed E-state index contributed by atoms with van der Waals surface area (Å²) >= 11 is 0. The van der Waals surface area contributed by atoms with Crippen LogP contribution in [0.25, 0.3) is 0 Å². The Bertz CT molecular complexity index is 1030. The van der Waals surface area contributed by atoms with Crippen molar-refractivity contribution in [3.8, 4) is 11.5 Å². The van der Waals surface area contributed by atoms with E-state index in [2.05, 4.69) is 10.5 Å². The van der Waals surface area contributed by atoms with Crippen LogP contribution in [0.3, 0.4) is 0 Å². The van der Waals surface area contributed by atoms with E-state index in [4.69, 9.17) is 10.5 Å². The summed E-state index contributed by atoms with van der Waals surface area (Å²) in [5.41, 5.74) is 7.89. The van der Waals surface area contributed by atoms with Crippen LogP contribution in [0.4, 0.5) is 18.9 Å². The van der Waals surface area contributed by atoms with Crippen LogP contribution in [0, 0.1) is 0 Å². The first-order valence-corrected chi connectivity index (χ1v) is 8.46. The Morgan fingerprint density at radius 3 is 2.48 bits per heavy atom. The Balaban J connectivity index is 1.76. The van der Waals surface area contributed by atoms with Crippen LogP contribution in [0.1, 0.15) is 21.5 Å². The van der Waals surface area contributed by atoms with Gasteiger partial charge in [-0.15, -0.1) is 0 Å². The van der Waals surface area contributed by atoms with E-state index in [1.165, 1.54) is 18.2 Å². The Labute approximate surface area is 164 Å². The third kappa shape index (κ3) is 5.35. The minimum atomic E-state index is -4.46. The van der Waals surface area contributed by atoms with Gasteiger partial charge in [0.05, 0.1) is 17.3 Å². The third-order valence-electron chi connectivity index (χ3n) is 3.81. The molecular formula is C21H16F3N3O2. The SMILES string of the molecule is Nc1ccc(Oc2ccccc2)c(C(=O)NN=Cc2cccc(C(F)(F)F)c2)c1. The molecule has 0 heterocycles. The van der Waals surface area contributed by atoms with E-state index in [0.29, 0.717) is 11.4 Å². The minimum absolute atomic E-state index is 0.134. The number of ether oxygens (including phenoxy) is 1. The highest BCUT2D eigenvalue weighted by Crippen LogP contribution is 2.29. The van der Waals surface area contributed by atoms with Gasteiger partial charge in [0.15, 0.2) is 0 Å². The number of para-hydroxylation sites is 1. The number of benzene rings is 3. The van der Waals surface area contributed by atoms with Crippen molar-refractivity contribution in [1.82, 2.24) is 5.43 Å². The molecule has 0 unspecified atom stereocenters. The van der Waals surface area contributed by atoms with Crippen molar-refractivity contribution in [2.45, 2.75) is 6.18 Å². The molecule has 0 atom stereocenters. The molecule has 3 aromatic rings. The summed E-state index contributed by atoms with van der Waals surface area (Å²) in [5, 5.41) is 3.73. The van der Waals surface area contributed by atoms with Crippen LogP contribution in [0.15, 0.2) is 77.9 Å². The Kier molecular flexibility index (Phi) is 5.82. The molecule has 148 valence electrons. The van der Waals surface area contributed by atoms with E-state index in [-0.39, 0.29) is 16.9 Å². The summed E-state index contributed by atoms with van der Waals surface area (Å²) in [7, 11) is 0. The van der Waals surface area contributed by atoms with E-state index in [1.807, 2.05) is 6.07 Å². The van der Waals surface area contributed by atoms with Crippen molar-refractivity contribution < 1.29 is 22.7 Å². The van der Waals surface area contributed by atoms with Crippen LogP contribution < -0.4 is 15.9 Å². The fraction of sp³-hybridized carbons (Fsp3) is 0.0476. The molecule has 0 aliphatic rings. The molecule has 0 aliphatic heterocycles. The van der Waals surface area contributed by atoms with Crippen molar-refractivity contribution >= 4 is 17.8 Å². The third-order valence-corrected chi connectivity index (χ3v) is 3.81. The zero-order chi connectivity index (χ0) is 20.9. The van der Waals surface area contributed by atoms with Gasteiger partial charge in [-0.3, -0.25) is 4.79 Å². The number of rotatable bonds is 5. The lowest BCUT2D eigenvalue weighted by molar-refractivity contribution is -0.137. The second-order valence-corrected chi connectivity index (χ2v) is 5.99. The molecule has 0 saturated carbocycles. The first-order chi connectivity index (χ1) is 13.8. The summed E-state index contributed by atoms with van der Waals surface area (Å²) in [6, 6.07) is 18.0. The average molecular weight is 399 g/mol. The number of amides is 1. The van der Waals surface area contributed by atoms with Crippen molar-refractivity contribution in [3.05, 3.63) is 89.5 Å². The normalized spacial score (nSPS) is 11.4. The smallest absolute Gasteiger partial charge is 0.416 e. The second kappa shape index (κ2) is 8.47. The molecule has 3 rings (SSSR count). The molecule has 0 saturated heterocycles. The number of hydrazone groups is 1. The Morgan fingerprint density at radius 2 is 1.76 bits per heavy atom. The van der Waals surface area contributed by atoms with Gasteiger partial charge < -0.3 is 10.5 Å². The number of halogens is 3. The Hall–Kier alpha value is -3.81. The zero-order valence-corrected chi connectivity index (χ0v) is 15.0. The van der Waals surface area contributed by atoms with Gasteiger partial charge in [0.2, 0.25) is 0 Å². The number of alkyl halides is 3. The maximum atomic E-state index is 12.8. The van der Waals surface area contributed by atoms with Crippen molar-refractivity contribution in [2.75, 3.05) is 5.73 Å². The van der Waals surface area contributed by atoms with Crippen LogP contribution >= 0.6 is 0 Å². The van der Waals surface area contributed by atoms with Gasteiger partial charge in [-0.05, 0) is 48.0 Å². The van der Waals surface area contributed by atoms with Crippen molar-refractivity contribution in [2.24, 2.45) is 5.10 Å². The van der Waals surface area contributed by atoms with Gasteiger partial charge >= 0.3 is 6.18 Å². The lowest BCUT2D eigenvalue weighted by atomic mass is 10.1. The summed E-state index contributed by atoms with van der Waals surface area (Å²) in [6.45, 7) is 0. The van der Waals surface area contributed by atoms with Crippen LogP contribution in [0.2, 0.25) is 0 Å². The molecule has 0 fully saturated rings. The van der Waals surface area contributed by atoms with Gasteiger partial charge in [0.1, 0.15) is 11.5 Å². The molecule has 3 aromatic carbocycles. The number of nitrogens with one attached hydrogen (secondary N) is 1. The molecule has 0 spiro atoms. The van der Waals surface area contributed by atoms with E-state index in [9.17, 15) is 18.0 Å². The number of nitrogens with zero attached hydrogens (tertiary/aromatic N) is 1. The molecule has 29 heavy (non-hydrogen) atoms. The van der Waals surface area contributed by atoms with Gasteiger partial charge in [-0.2, -0.15) is 18.3 Å². The Morgan fingerprint density at radius 1 is 1.00 bits per heavy atom. The number of hydrogen-bond acceptors (Lipinski definition) is 4. The van der Waals surface area contributed by atoms with E-state index >= 15 is 0 Å². The van der Waals surface area contributed by atoms with Crippen LogP contribution in [-0.4, -0.2) is 12.1 Å². The fourth-order valence-electron chi connectivity index (χ4n) is 2.45. The lowest BCUT2D eigenvalue weighted by Crippen LogP contribution is -2.18. The number of nitrogen functional groups attached to an aromatic ring is 1. The van der Waals surface area contributed by atoms with E-state index in [1.54, 1.807) is 36.4 Å². The molecule has 3 N–H and O–H groups in total. The van der Waals surface area contributed by atoms with E-state index in [0.717, 1.165) is 18.3 Å². The highest BCUT2D eigenvalue weighted by Gasteiger charge is 2.30. The summed E-state index contributed by atoms with van der Waals surface area (Å²) in [4.78, 5) is 12.5. The second-order valence-electron chi connectivity index (χ2n) is 5.99. The molecule has 0 aliphatic carbocycles. The summed E-state index contributed by atoms with van der Waals surface area (Å²) in [6.07, 6.45) is -3.34. The summed E-state index contributed by atoms with van der Waals surface area (Å²) in [5.74, 6) is 0.169. The molecule has 5 nitrogen and oxygen atoms in total. The van der Waals surface area contributed by atoms with Gasteiger partial charge in [0.25, 0.3) is 5.91 Å². The average Bonchev–Trinajstić information content (AvgIpc) is 2.69. The standard InChI is InChI=1S/C21H16F3N3O2/c22-21(23,24)15-6-4-5-14(11-15)13-26-27-20(28)18-12-16(25)9-10-19(18)29-17-7-2-1-3-8-17/h1-13H,25H2,(H,27,28). The minimum Gasteiger partial charge on any atom is -0.457 e. The molecular weight excluding hydrogens is 383 g/mol. The highest BCUT2D eigenvalue weighted by molar-refractivity contribution is 5.98. The van der Waals surface area contributed by atoms with Crippen LogP contribution in [-0.2, 0) is 6.18 Å². The summed E-state index contributed by atoms with van der Waals surface area (Å²) < 4.78 is 44.0. The van der Waals surface area contributed by atoms with Crippen molar-refractivity contribution in [1.29, 1.82) is 0 Å². The molecule has 8 heteroatoms. The number of nitrogens with two attached hydrogens (primary N) is 1. The molecule has 0 radical (unpaired) electrons. The predicted octanol–water partition coefficient (Wildman–Crippen LogP) is 4.84. The van der Waals surface area contributed by atoms with E-state index < -0.39 is 17.6 Å². The fourth-order valence-corrected chi connectivity index (χ4v) is 2.45. The lowest BCUT2D eigenvalue weighted by Gasteiger charge is -2.11. The molecule has 0 bridgehead atoms. The first kappa shape index (κ1) is 19.9. The van der Waals surface area contributed by atoms with Gasteiger partial charge in [0, 0.05) is 5.69 Å². The monoisotopic (exact) mass is 399 g/mol. The molecule has 1 amide bonds. The topological polar surface area (TPSA) is 76.7 Å². The van der Waals surface area contributed by atoms with Gasteiger partial charge in [-0.1, -0.05) is 30.3 Å². The largest absolute Gasteiger partial charge is 0.457 e. The van der Waals surface area contributed by atoms with Crippen molar-refractivity contribution in [3.63, 3.8) is 0 Å². The van der Waals surface area contributed by atoms with Crippen LogP contribution in [0.5, 0.6) is 11.5 Å². The number of hydrogen-bond donors (Lipinski definition) is 2.